The molecule has 0 heterocycles. The average Bonchev–Trinajstić information content (AvgIpc) is 2.66. The Morgan fingerprint density at radius 2 is 1.35 bits per heavy atom. The van der Waals surface area contributed by atoms with Crippen molar-refractivity contribution < 1.29 is 18.9 Å². The molecule has 0 radical (unpaired) electrons. The molecule has 0 aromatic heterocycles. The lowest BCUT2D eigenvalue weighted by Crippen LogP contribution is -2.13. The van der Waals surface area contributed by atoms with Crippen LogP contribution in [0.4, 0.5) is 5.69 Å². The fourth-order valence-corrected chi connectivity index (χ4v) is 2.44. The van der Waals surface area contributed by atoms with E-state index in [-0.39, 0.29) is 0 Å². The Bertz CT molecular complexity index is 616. The molecule has 0 spiro atoms. The highest BCUT2D eigenvalue weighted by atomic mass is 16.6. The van der Waals surface area contributed by atoms with Crippen molar-refractivity contribution >= 4 is 5.69 Å². The number of benzene rings is 2. The molecule has 0 saturated heterocycles. The molecule has 0 aliphatic rings. The summed E-state index contributed by atoms with van der Waals surface area (Å²) in [5, 5.41) is 0. The molecule has 2 N–H and O–H groups in total. The Labute approximate surface area is 156 Å². The zero-order valence-corrected chi connectivity index (χ0v) is 15.5. The fourth-order valence-electron chi connectivity index (χ4n) is 2.44. The Balaban J connectivity index is 1.45. The molecule has 0 aliphatic carbocycles. The van der Waals surface area contributed by atoms with E-state index in [2.05, 4.69) is 13.0 Å². The highest BCUT2D eigenvalue weighted by molar-refractivity contribution is 5.41. The SMILES string of the molecule is CCCc1ccccc1OCCOCCOCCOc1ccc(N)cc1. The summed E-state index contributed by atoms with van der Waals surface area (Å²) in [5.74, 6) is 1.74. The second-order valence-corrected chi connectivity index (χ2v) is 5.85. The Hall–Kier alpha value is -2.24. The second kappa shape index (κ2) is 12.2. The fraction of sp³-hybridized carbons (Fsp3) is 0.429. The van der Waals surface area contributed by atoms with Crippen LogP contribution in [-0.2, 0) is 15.9 Å². The predicted octanol–water partition coefficient (Wildman–Crippen LogP) is 3.71. The third kappa shape index (κ3) is 7.76. The molecule has 0 bridgehead atoms. The number of para-hydroxylation sites is 1. The van der Waals surface area contributed by atoms with Gasteiger partial charge in [-0.15, -0.1) is 0 Å². The van der Waals surface area contributed by atoms with Gasteiger partial charge in [0.05, 0.1) is 26.4 Å². The van der Waals surface area contributed by atoms with Gasteiger partial charge in [-0.25, -0.2) is 0 Å². The molecule has 0 atom stereocenters. The highest BCUT2D eigenvalue weighted by Crippen LogP contribution is 2.19. The summed E-state index contributed by atoms with van der Waals surface area (Å²) in [6, 6.07) is 15.5. The van der Waals surface area contributed by atoms with Crippen molar-refractivity contribution in [2.45, 2.75) is 19.8 Å². The molecule has 2 aromatic rings. The molecule has 142 valence electrons. The molecule has 0 amide bonds. The first-order chi connectivity index (χ1) is 12.8. The molecule has 0 saturated carbocycles. The predicted molar refractivity (Wildman–Crippen MR) is 104 cm³/mol. The van der Waals surface area contributed by atoms with Crippen LogP contribution >= 0.6 is 0 Å². The molecule has 5 nitrogen and oxygen atoms in total. The van der Waals surface area contributed by atoms with E-state index in [4.69, 9.17) is 24.7 Å². The van der Waals surface area contributed by atoms with E-state index in [1.807, 2.05) is 42.5 Å². The number of hydrogen-bond donors (Lipinski definition) is 1. The number of hydrogen-bond acceptors (Lipinski definition) is 5. The molecule has 0 fully saturated rings. The van der Waals surface area contributed by atoms with Gasteiger partial charge < -0.3 is 24.7 Å². The minimum absolute atomic E-state index is 0.501. The van der Waals surface area contributed by atoms with Crippen LogP contribution in [0.2, 0.25) is 0 Å². The highest BCUT2D eigenvalue weighted by Gasteiger charge is 2.01. The number of nitrogen functional groups attached to an aromatic ring is 1. The minimum Gasteiger partial charge on any atom is -0.491 e. The zero-order chi connectivity index (χ0) is 18.5. The van der Waals surface area contributed by atoms with Crippen LogP contribution in [0.1, 0.15) is 18.9 Å². The van der Waals surface area contributed by atoms with Crippen LogP contribution in [0.3, 0.4) is 0 Å². The van der Waals surface area contributed by atoms with E-state index in [1.54, 1.807) is 0 Å². The van der Waals surface area contributed by atoms with Gasteiger partial charge >= 0.3 is 0 Å². The van der Waals surface area contributed by atoms with Crippen molar-refractivity contribution in [1.29, 1.82) is 0 Å². The van der Waals surface area contributed by atoms with E-state index in [9.17, 15) is 0 Å². The van der Waals surface area contributed by atoms with Gasteiger partial charge in [-0.05, 0) is 42.3 Å². The van der Waals surface area contributed by atoms with Gasteiger partial charge in [-0.3, -0.25) is 0 Å². The quantitative estimate of drug-likeness (QED) is 0.436. The third-order valence-electron chi connectivity index (χ3n) is 3.73. The number of ether oxygens (including phenoxy) is 4. The first kappa shape index (κ1) is 20.1. The zero-order valence-electron chi connectivity index (χ0n) is 15.5. The van der Waals surface area contributed by atoms with Gasteiger partial charge in [0.15, 0.2) is 0 Å². The van der Waals surface area contributed by atoms with Gasteiger partial charge in [0.25, 0.3) is 0 Å². The van der Waals surface area contributed by atoms with Crippen molar-refractivity contribution in [1.82, 2.24) is 0 Å². The number of anilines is 1. The number of nitrogens with two attached hydrogens (primary N) is 1. The average molecular weight is 359 g/mol. The first-order valence-corrected chi connectivity index (χ1v) is 9.14. The van der Waals surface area contributed by atoms with Crippen molar-refractivity contribution in [2.24, 2.45) is 0 Å². The summed E-state index contributed by atoms with van der Waals surface area (Å²) in [6.45, 7) is 5.36. The topological polar surface area (TPSA) is 62.9 Å². The van der Waals surface area contributed by atoms with Gasteiger partial charge in [-0.2, -0.15) is 0 Å². The minimum atomic E-state index is 0.501. The van der Waals surface area contributed by atoms with Gasteiger partial charge in [0.2, 0.25) is 0 Å². The summed E-state index contributed by atoms with van der Waals surface area (Å²) in [4.78, 5) is 0. The van der Waals surface area contributed by atoms with E-state index < -0.39 is 0 Å². The Morgan fingerprint density at radius 3 is 2.04 bits per heavy atom. The maximum Gasteiger partial charge on any atom is 0.122 e. The lowest BCUT2D eigenvalue weighted by Gasteiger charge is -2.11. The van der Waals surface area contributed by atoms with Crippen molar-refractivity contribution in [3.05, 3.63) is 54.1 Å². The Kier molecular flexibility index (Phi) is 9.40. The van der Waals surface area contributed by atoms with Crippen LogP contribution in [0.5, 0.6) is 11.5 Å². The van der Waals surface area contributed by atoms with Crippen molar-refractivity contribution in [3.8, 4) is 11.5 Å². The van der Waals surface area contributed by atoms with Crippen molar-refractivity contribution in [2.75, 3.05) is 45.4 Å². The second-order valence-electron chi connectivity index (χ2n) is 5.85. The van der Waals surface area contributed by atoms with Crippen LogP contribution < -0.4 is 15.2 Å². The lowest BCUT2D eigenvalue weighted by molar-refractivity contribution is 0.0273. The molecule has 0 unspecified atom stereocenters. The van der Waals surface area contributed by atoms with Crippen LogP contribution in [-0.4, -0.2) is 39.6 Å². The first-order valence-electron chi connectivity index (χ1n) is 9.14. The molecule has 26 heavy (non-hydrogen) atoms. The summed E-state index contributed by atoms with van der Waals surface area (Å²) >= 11 is 0. The molecule has 2 rings (SSSR count). The largest absolute Gasteiger partial charge is 0.491 e. The molecule has 2 aromatic carbocycles. The molecule has 5 heteroatoms. The summed E-state index contributed by atoms with van der Waals surface area (Å²) in [6.07, 6.45) is 2.14. The van der Waals surface area contributed by atoms with E-state index in [0.29, 0.717) is 39.6 Å². The van der Waals surface area contributed by atoms with Gasteiger partial charge in [-0.1, -0.05) is 31.5 Å². The Morgan fingerprint density at radius 1 is 0.731 bits per heavy atom. The third-order valence-corrected chi connectivity index (χ3v) is 3.73. The van der Waals surface area contributed by atoms with Crippen LogP contribution in [0, 0.1) is 0 Å². The summed E-state index contributed by atoms with van der Waals surface area (Å²) in [5.41, 5.74) is 7.60. The van der Waals surface area contributed by atoms with Crippen LogP contribution in [0.15, 0.2) is 48.5 Å². The monoisotopic (exact) mass is 359 g/mol. The normalized spacial score (nSPS) is 10.7. The van der Waals surface area contributed by atoms with Gasteiger partial charge in [0.1, 0.15) is 24.7 Å². The van der Waals surface area contributed by atoms with E-state index in [1.165, 1.54) is 5.56 Å². The summed E-state index contributed by atoms with van der Waals surface area (Å²) < 4.78 is 22.4. The van der Waals surface area contributed by atoms with Gasteiger partial charge in [0, 0.05) is 5.69 Å². The maximum atomic E-state index is 5.80. The molecule has 0 aliphatic heterocycles. The number of rotatable bonds is 13. The van der Waals surface area contributed by atoms with Crippen LogP contribution in [0.25, 0.3) is 0 Å². The van der Waals surface area contributed by atoms with E-state index in [0.717, 1.165) is 30.0 Å². The van der Waals surface area contributed by atoms with E-state index >= 15 is 0 Å². The molecular formula is C21H29NO4. The van der Waals surface area contributed by atoms with Crippen molar-refractivity contribution in [3.63, 3.8) is 0 Å². The maximum absolute atomic E-state index is 5.80. The number of aryl methyl sites for hydroxylation is 1. The standard InChI is InChI=1S/C21H29NO4/c1-2-5-18-6-3-4-7-21(18)26-17-15-24-13-12-23-14-16-25-20-10-8-19(22)9-11-20/h3-4,6-11H,2,5,12-17,22H2,1H3. The smallest absolute Gasteiger partial charge is 0.122 e. The lowest BCUT2D eigenvalue weighted by atomic mass is 10.1. The molecular weight excluding hydrogens is 330 g/mol. The summed E-state index contributed by atoms with van der Waals surface area (Å²) in [7, 11) is 0.